The Balaban J connectivity index is 2.09. The fourth-order valence-electron chi connectivity index (χ4n) is 1.94. The zero-order valence-electron chi connectivity index (χ0n) is 12.7. The molecule has 0 fully saturated rings. The van der Waals surface area contributed by atoms with Gasteiger partial charge in [-0.15, -0.1) is 0 Å². The maximum atomic E-state index is 5.83. The van der Waals surface area contributed by atoms with E-state index in [1.165, 1.54) is 11.9 Å². The second kappa shape index (κ2) is 7.59. The molecule has 1 heterocycles. The Labute approximate surface area is 125 Å². The highest BCUT2D eigenvalue weighted by Gasteiger charge is 2.08. The molecule has 2 aromatic rings. The molecule has 0 saturated carbocycles. The molecule has 0 unspecified atom stereocenters. The largest absolute Gasteiger partial charge is 0.439 e. The molecule has 0 spiro atoms. The quantitative estimate of drug-likeness (QED) is 0.847. The van der Waals surface area contributed by atoms with Crippen molar-refractivity contribution in [2.24, 2.45) is 0 Å². The molecule has 0 aliphatic rings. The summed E-state index contributed by atoms with van der Waals surface area (Å²) in [6.07, 6.45) is 2.40. The van der Waals surface area contributed by atoms with Crippen molar-refractivity contribution < 1.29 is 9.47 Å². The lowest BCUT2D eigenvalue weighted by Gasteiger charge is -2.11. The summed E-state index contributed by atoms with van der Waals surface area (Å²) in [4.78, 5) is 8.40. The molecule has 0 aliphatic carbocycles. The molecule has 112 valence electrons. The first-order valence-corrected chi connectivity index (χ1v) is 7.05. The fourth-order valence-corrected chi connectivity index (χ4v) is 1.94. The lowest BCUT2D eigenvalue weighted by Crippen LogP contribution is -2.03. The van der Waals surface area contributed by atoms with Gasteiger partial charge in [0.15, 0.2) is 0 Å². The molecule has 1 aromatic carbocycles. The molecule has 0 amide bonds. The molecule has 0 radical (unpaired) electrons. The minimum atomic E-state index is 0.575. The van der Waals surface area contributed by atoms with Gasteiger partial charge in [-0.2, -0.15) is 0 Å². The van der Waals surface area contributed by atoms with E-state index in [1.54, 1.807) is 7.11 Å². The minimum Gasteiger partial charge on any atom is -0.439 e. The van der Waals surface area contributed by atoms with Crippen LogP contribution in [0.3, 0.4) is 0 Å². The predicted molar refractivity (Wildman–Crippen MR) is 83.0 cm³/mol. The number of anilines is 1. The SMILES string of the molecule is CCNc1ncnc(Oc2ccc(CCOC)cc2)c1C. The van der Waals surface area contributed by atoms with Crippen molar-refractivity contribution in [2.45, 2.75) is 20.3 Å². The Bertz CT molecular complexity index is 570. The van der Waals surface area contributed by atoms with Crippen molar-refractivity contribution in [3.8, 4) is 11.6 Å². The van der Waals surface area contributed by atoms with Crippen LogP contribution in [0.4, 0.5) is 5.82 Å². The van der Waals surface area contributed by atoms with Gasteiger partial charge in [0.25, 0.3) is 0 Å². The van der Waals surface area contributed by atoms with Crippen LogP contribution >= 0.6 is 0 Å². The van der Waals surface area contributed by atoms with E-state index in [0.29, 0.717) is 5.88 Å². The van der Waals surface area contributed by atoms with Crippen molar-refractivity contribution in [2.75, 3.05) is 25.6 Å². The molecule has 21 heavy (non-hydrogen) atoms. The van der Waals surface area contributed by atoms with Gasteiger partial charge >= 0.3 is 0 Å². The van der Waals surface area contributed by atoms with E-state index >= 15 is 0 Å². The van der Waals surface area contributed by atoms with E-state index in [4.69, 9.17) is 9.47 Å². The van der Waals surface area contributed by atoms with Gasteiger partial charge in [-0.1, -0.05) is 12.1 Å². The van der Waals surface area contributed by atoms with E-state index < -0.39 is 0 Å². The summed E-state index contributed by atoms with van der Waals surface area (Å²) in [5, 5.41) is 3.19. The maximum absolute atomic E-state index is 5.83. The Morgan fingerprint density at radius 1 is 1.14 bits per heavy atom. The summed E-state index contributed by atoms with van der Waals surface area (Å²) in [6, 6.07) is 7.96. The van der Waals surface area contributed by atoms with Gasteiger partial charge in [0.05, 0.1) is 12.2 Å². The Morgan fingerprint density at radius 3 is 2.57 bits per heavy atom. The van der Waals surface area contributed by atoms with Crippen LogP contribution in [0.2, 0.25) is 0 Å². The van der Waals surface area contributed by atoms with E-state index in [0.717, 1.165) is 36.7 Å². The molecule has 2 rings (SSSR count). The van der Waals surface area contributed by atoms with Gasteiger partial charge < -0.3 is 14.8 Å². The van der Waals surface area contributed by atoms with E-state index in [9.17, 15) is 0 Å². The lowest BCUT2D eigenvalue weighted by atomic mass is 10.1. The van der Waals surface area contributed by atoms with Crippen molar-refractivity contribution in [3.63, 3.8) is 0 Å². The molecule has 0 atom stereocenters. The Morgan fingerprint density at radius 2 is 1.90 bits per heavy atom. The molecule has 0 saturated heterocycles. The summed E-state index contributed by atoms with van der Waals surface area (Å²) in [7, 11) is 1.71. The monoisotopic (exact) mass is 287 g/mol. The molecule has 5 heteroatoms. The summed E-state index contributed by atoms with van der Waals surface area (Å²) in [6.45, 7) is 5.50. The molecule has 1 aromatic heterocycles. The van der Waals surface area contributed by atoms with Crippen LogP contribution in [0.1, 0.15) is 18.1 Å². The van der Waals surface area contributed by atoms with E-state index in [2.05, 4.69) is 15.3 Å². The number of methoxy groups -OCH3 is 1. The summed E-state index contributed by atoms with van der Waals surface area (Å²) in [5.41, 5.74) is 2.12. The Kier molecular flexibility index (Phi) is 5.51. The van der Waals surface area contributed by atoms with E-state index in [-0.39, 0.29) is 0 Å². The predicted octanol–water partition coefficient (Wildman–Crippen LogP) is 3.20. The number of benzene rings is 1. The minimum absolute atomic E-state index is 0.575. The fraction of sp³-hybridized carbons (Fsp3) is 0.375. The summed E-state index contributed by atoms with van der Waals surface area (Å²) < 4.78 is 10.9. The van der Waals surface area contributed by atoms with Crippen LogP contribution in [-0.4, -0.2) is 30.2 Å². The Hall–Kier alpha value is -2.14. The zero-order valence-corrected chi connectivity index (χ0v) is 12.7. The van der Waals surface area contributed by atoms with Crippen molar-refractivity contribution in [1.82, 2.24) is 9.97 Å². The van der Waals surface area contributed by atoms with Crippen LogP contribution in [0.5, 0.6) is 11.6 Å². The first kappa shape index (κ1) is 15.3. The average Bonchev–Trinajstić information content (AvgIpc) is 2.51. The topological polar surface area (TPSA) is 56.3 Å². The summed E-state index contributed by atoms with van der Waals surface area (Å²) in [5.74, 6) is 2.14. The molecule has 0 bridgehead atoms. The smallest absolute Gasteiger partial charge is 0.227 e. The first-order valence-electron chi connectivity index (χ1n) is 7.05. The maximum Gasteiger partial charge on any atom is 0.227 e. The van der Waals surface area contributed by atoms with Crippen LogP contribution in [0.25, 0.3) is 0 Å². The second-order valence-electron chi connectivity index (χ2n) is 4.67. The normalized spacial score (nSPS) is 10.4. The highest BCUT2D eigenvalue weighted by Crippen LogP contribution is 2.26. The van der Waals surface area contributed by atoms with Gasteiger partial charge in [-0.05, 0) is 38.0 Å². The standard InChI is InChI=1S/C16H21N3O2/c1-4-17-15-12(2)16(19-11-18-15)21-14-7-5-13(6-8-14)9-10-20-3/h5-8,11H,4,9-10H2,1-3H3,(H,17,18,19). The van der Waals surface area contributed by atoms with Crippen LogP contribution < -0.4 is 10.1 Å². The highest BCUT2D eigenvalue weighted by atomic mass is 16.5. The van der Waals surface area contributed by atoms with Gasteiger partial charge in [-0.25, -0.2) is 9.97 Å². The van der Waals surface area contributed by atoms with Crippen LogP contribution in [-0.2, 0) is 11.2 Å². The highest BCUT2D eigenvalue weighted by molar-refractivity contribution is 5.48. The lowest BCUT2D eigenvalue weighted by molar-refractivity contribution is 0.202. The van der Waals surface area contributed by atoms with Gasteiger partial charge in [0.1, 0.15) is 17.9 Å². The zero-order chi connectivity index (χ0) is 15.1. The first-order chi connectivity index (χ1) is 10.2. The third-order valence-corrected chi connectivity index (χ3v) is 3.11. The van der Waals surface area contributed by atoms with Crippen LogP contribution in [0, 0.1) is 6.92 Å². The number of hydrogen-bond donors (Lipinski definition) is 1. The van der Waals surface area contributed by atoms with Gasteiger partial charge in [-0.3, -0.25) is 0 Å². The van der Waals surface area contributed by atoms with Gasteiger partial charge in [0.2, 0.25) is 5.88 Å². The van der Waals surface area contributed by atoms with E-state index in [1.807, 2.05) is 38.1 Å². The van der Waals surface area contributed by atoms with Gasteiger partial charge in [0, 0.05) is 13.7 Å². The summed E-state index contributed by atoms with van der Waals surface area (Å²) >= 11 is 0. The van der Waals surface area contributed by atoms with Crippen molar-refractivity contribution >= 4 is 5.82 Å². The number of rotatable bonds is 7. The number of ether oxygens (including phenoxy) is 2. The number of nitrogens with zero attached hydrogens (tertiary/aromatic N) is 2. The molecule has 0 aliphatic heterocycles. The van der Waals surface area contributed by atoms with Crippen LogP contribution in [0.15, 0.2) is 30.6 Å². The number of aromatic nitrogens is 2. The second-order valence-corrected chi connectivity index (χ2v) is 4.67. The molecule has 5 nitrogen and oxygen atoms in total. The average molecular weight is 287 g/mol. The van der Waals surface area contributed by atoms with Crippen molar-refractivity contribution in [1.29, 1.82) is 0 Å². The molecule has 1 N–H and O–H groups in total. The third-order valence-electron chi connectivity index (χ3n) is 3.11. The third kappa shape index (κ3) is 4.16. The number of hydrogen-bond acceptors (Lipinski definition) is 5. The molecular formula is C16H21N3O2. The molecular weight excluding hydrogens is 266 g/mol. The number of nitrogens with one attached hydrogen (secondary N) is 1. The van der Waals surface area contributed by atoms with Crippen molar-refractivity contribution in [3.05, 3.63) is 41.7 Å².